The van der Waals surface area contributed by atoms with Crippen LogP contribution in [0.25, 0.3) is 0 Å². The third-order valence-corrected chi connectivity index (χ3v) is 3.98. The summed E-state index contributed by atoms with van der Waals surface area (Å²) in [6.07, 6.45) is 4.75. The highest BCUT2D eigenvalue weighted by Gasteiger charge is 2.37. The molecule has 0 heterocycles. The molecule has 1 N–H and O–H groups in total. The van der Waals surface area contributed by atoms with Gasteiger partial charge >= 0.3 is 0 Å². The number of hydrogen-bond acceptors (Lipinski definition) is 2. The molecule has 0 saturated heterocycles. The fraction of sp³-hybridized carbons (Fsp3) is 0.750. The summed E-state index contributed by atoms with van der Waals surface area (Å²) in [6, 6.07) is 0. The second kappa shape index (κ2) is 2.85. The molecule has 0 saturated carbocycles. The average molecular weight is 190 g/mol. The maximum atomic E-state index is 10.9. The van der Waals surface area contributed by atoms with Gasteiger partial charge in [-0.3, -0.25) is 4.55 Å². The minimum Gasteiger partial charge on any atom is -0.285 e. The molecule has 1 aliphatic rings. The van der Waals surface area contributed by atoms with Gasteiger partial charge in [0.2, 0.25) is 0 Å². The molecule has 1 aliphatic carbocycles. The second-order valence-corrected chi connectivity index (χ2v) is 5.55. The highest BCUT2D eigenvalue weighted by molar-refractivity contribution is 7.87. The molecule has 0 spiro atoms. The summed E-state index contributed by atoms with van der Waals surface area (Å²) >= 11 is 0. The number of allylic oxidation sites excluding steroid dienone is 1. The van der Waals surface area contributed by atoms with Crippen molar-refractivity contribution in [3.8, 4) is 0 Å². The normalized spacial score (nSPS) is 36.8. The summed E-state index contributed by atoms with van der Waals surface area (Å²) in [5.74, 6) is 0.417. The van der Waals surface area contributed by atoms with Gasteiger partial charge in [0.05, 0.1) is 0 Å². The number of hydrogen-bond donors (Lipinski definition) is 1. The van der Waals surface area contributed by atoms with Gasteiger partial charge in [0, 0.05) is 0 Å². The van der Waals surface area contributed by atoms with Crippen LogP contribution in [-0.4, -0.2) is 17.7 Å². The molecule has 0 aromatic heterocycles. The van der Waals surface area contributed by atoms with Gasteiger partial charge in [0.1, 0.15) is 4.75 Å². The van der Waals surface area contributed by atoms with Crippen LogP contribution in [-0.2, 0) is 10.1 Å². The van der Waals surface area contributed by atoms with E-state index in [9.17, 15) is 8.42 Å². The maximum Gasteiger partial charge on any atom is 0.274 e. The third-order valence-electron chi connectivity index (χ3n) is 2.46. The SMILES string of the molecule is CC1C=CC(C)(S(=O)(=O)O)CC1. The first-order chi connectivity index (χ1) is 5.35. The zero-order valence-corrected chi connectivity index (χ0v) is 8.13. The summed E-state index contributed by atoms with van der Waals surface area (Å²) in [7, 11) is -3.94. The van der Waals surface area contributed by atoms with Gasteiger partial charge in [-0.15, -0.1) is 0 Å². The van der Waals surface area contributed by atoms with Gasteiger partial charge in [0.25, 0.3) is 10.1 Å². The van der Waals surface area contributed by atoms with Crippen molar-refractivity contribution in [2.75, 3.05) is 0 Å². The molecule has 2 unspecified atom stereocenters. The average Bonchev–Trinajstić information content (AvgIpc) is 1.93. The monoisotopic (exact) mass is 190 g/mol. The Bertz CT molecular complexity index is 291. The lowest BCUT2D eigenvalue weighted by molar-refractivity contribution is 0.424. The van der Waals surface area contributed by atoms with Crippen molar-refractivity contribution >= 4 is 10.1 Å². The Morgan fingerprint density at radius 2 is 2.17 bits per heavy atom. The molecule has 0 bridgehead atoms. The third kappa shape index (κ3) is 1.69. The standard InChI is InChI=1S/C8H14O3S/c1-7-3-5-8(2,6-4-7)12(9,10)11/h3,5,7H,4,6H2,1-2H3,(H,9,10,11). The minimum atomic E-state index is -3.94. The molecule has 1 rings (SSSR count). The van der Waals surface area contributed by atoms with E-state index in [1.54, 1.807) is 13.0 Å². The van der Waals surface area contributed by atoms with E-state index >= 15 is 0 Å². The lowest BCUT2D eigenvalue weighted by Gasteiger charge is -2.27. The van der Waals surface area contributed by atoms with E-state index in [4.69, 9.17) is 4.55 Å². The van der Waals surface area contributed by atoms with Gasteiger partial charge < -0.3 is 0 Å². The van der Waals surface area contributed by atoms with Crippen molar-refractivity contribution < 1.29 is 13.0 Å². The fourth-order valence-electron chi connectivity index (χ4n) is 1.28. The predicted molar refractivity (Wildman–Crippen MR) is 47.5 cm³/mol. The van der Waals surface area contributed by atoms with E-state index < -0.39 is 14.9 Å². The predicted octanol–water partition coefficient (Wildman–Crippen LogP) is 1.62. The largest absolute Gasteiger partial charge is 0.285 e. The molecular formula is C8H14O3S. The van der Waals surface area contributed by atoms with Crippen molar-refractivity contribution in [3.05, 3.63) is 12.2 Å². The molecule has 3 nitrogen and oxygen atoms in total. The Kier molecular flexibility index (Phi) is 2.31. The minimum absolute atomic E-state index is 0.417. The fourth-order valence-corrected chi connectivity index (χ4v) is 1.90. The van der Waals surface area contributed by atoms with Crippen LogP contribution >= 0.6 is 0 Å². The van der Waals surface area contributed by atoms with E-state index in [1.807, 2.05) is 13.0 Å². The molecule has 12 heavy (non-hydrogen) atoms. The van der Waals surface area contributed by atoms with Crippen LogP contribution in [0.1, 0.15) is 26.7 Å². The van der Waals surface area contributed by atoms with Gasteiger partial charge in [-0.05, 0) is 25.7 Å². The quantitative estimate of drug-likeness (QED) is 0.505. The first-order valence-corrected chi connectivity index (χ1v) is 5.45. The van der Waals surface area contributed by atoms with E-state index in [1.165, 1.54) is 0 Å². The molecule has 0 radical (unpaired) electrons. The van der Waals surface area contributed by atoms with Gasteiger partial charge in [-0.2, -0.15) is 8.42 Å². The zero-order valence-electron chi connectivity index (χ0n) is 7.32. The molecule has 0 amide bonds. The Labute approximate surface area is 73.2 Å². The first kappa shape index (κ1) is 9.74. The first-order valence-electron chi connectivity index (χ1n) is 4.01. The van der Waals surface area contributed by atoms with Crippen molar-refractivity contribution in [2.24, 2.45) is 5.92 Å². The van der Waals surface area contributed by atoms with Gasteiger partial charge in [-0.25, -0.2) is 0 Å². The van der Waals surface area contributed by atoms with Crippen LogP contribution in [0.5, 0.6) is 0 Å². The summed E-state index contributed by atoms with van der Waals surface area (Å²) in [6.45, 7) is 3.57. The molecule has 4 heteroatoms. The Morgan fingerprint density at radius 3 is 2.50 bits per heavy atom. The van der Waals surface area contributed by atoms with Crippen molar-refractivity contribution in [2.45, 2.75) is 31.4 Å². The van der Waals surface area contributed by atoms with Crippen molar-refractivity contribution in [3.63, 3.8) is 0 Å². The van der Waals surface area contributed by atoms with Crippen LogP contribution in [0.4, 0.5) is 0 Å². The Hall–Kier alpha value is -0.350. The van der Waals surface area contributed by atoms with Crippen LogP contribution in [0.15, 0.2) is 12.2 Å². The van der Waals surface area contributed by atoms with Crippen molar-refractivity contribution in [1.82, 2.24) is 0 Å². The summed E-state index contributed by atoms with van der Waals surface area (Å²) in [4.78, 5) is 0. The van der Waals surface area contributed by atoms with E-state index in [-0.39, 0.29) is 0 Å². The zero-order chi connectivity index (χ0) is 9.41. The summed E-state index contributed by atoms with van der Waals surface area (Å²) < 4.78 is 29.7. The van der Waals surface area contributed by atoms with E-state index in [0.29, 0.717) is 12.3 Å². The highest BCUT2D eigenvalue weighted by atomic mass is 32.2. The Morgan fingerprint density at radius 1 is 1.58 bits per heavy atom. The van der Waals surface area contributed by atoms with Gasteiger partial charge in [0.15, 0.2) is 0 Å². The number of rotatable bonds is 1. The molecule has 0 fully saturated rings. The lowest BCUT2D eigenvalue weighted by atomic mass is 9.90. The Balaban J connectivity index is 2.97. The van der Waals surface area contributed by atoms with E-state index in [0.717, 1.165) is 6.42 Å². The highest BCUT2D eigenvalue weighted by Crippen LogP contribution is 2.31. The molecule has 0 aromatic carbocycles. The summed E-state index contributed by atoms with van der Waals surface area (Å²) in [5.41, 5.74) is 0. The van der Waals surface area contributed by atoms with Crippen LogP contribution < -0.4 is 0 Å². The smallest absolute Gasteiger partial charge is 0.274 e. The topological polar surface area (TPSA) is 54.4 Å². The molecule has 0 aliphatic heterocycles. The van der Waals surface area contributed by atoms with Crippen LogP contribution in [0.2, 0.25) is 0 Å². The molecule has 0 aromatic rings. The van der Waals surface area contributed by atoms with E-state index in [2.05, 4.69) is 0 Å². The van der Waals surface area contributed by atoms with Crippen LogP contribution in [0.3, 0.4) is 0 Å². The second-order valence-electron chi connectivity index (χ2n) is 3.66. The molecule has 2 atom stereocenters. The van der Waals surface area contributed by atoms with Gasteiger partial charge in [-0.1, -0.05) is 19.1 Å². The van der Waals surface area contributed by atoms with Crippen molar-refractivity contribution in [1.29, 1.82) is 0 Å². The maximum absolute atomic E-state index is 10.9. The van der Waals surface area contributed by atoms with Crippen LogP contribution in [0, 0.1) is 5.92 Å². The molecular weight excluding hydrogens is 176 g/mol. The summed E-state index contributed by atoms with van der Waals surface area (Å²) in [5, 5.41) is 0. The lowest BCUT2D eigenvalue weighted by Crippen LogP contribution is -2.35. The molecule has 70 valence electrons.